The first kappa shape index (κ1) is 20.6. The number of fused-ring (bicyclic) bond motifs is 1. The average molecular weight is 434 g/mol. The van der Waals surface area contributed by atoms with Gasteiger partial charge in [0.05, 0.1) is 26.4 Å². The lowest BCUT2D eigenvalue weighted by Gasteiger charge is -2.29. The maximum atomic E-state index is 13.7. The first-order valence-electron chi connectivity index (χ1n) is 11.1. The first-order chi connectivity index (χ1) is 15.7. The van der Waals surface area contributed by atoms with Crippen LogP contribution in [0.5, 0.6) is 5.75 Å². The summed E-state index contributed by atoms with van der Waals surface area (Å²) in [4.78, 5) is 15.7. The molecule has 1 fully saturated rings. The highest BCUT2D eigenvalue weighted by molar-refractivity contribution is 6.04. The molecule has 7 heteroatoms. The van der Waals surface area contributed by atoms with E-state index in [0.717, 1.165) is 36.1 Å². The van der Waals surface area contributed by atoms with Gasteiger partial charge in [0.25, 0.3) is 5.91 Å². The molecule has 2 aliphatic rings. The van der Waals surface area contributed by atoms with Gasteiger partial charge in [0, 0.05) is 18.7 Å². The summed E-state index contributed by atoms with van der Waals surface area (Å²) in [6.45, 7) is 2.55. The highest BCUT2D eigenvalue weighted by atomic mass is 16.5. The molecule has 1 saturated heterocycles. The monoisotopic (exact) mass is 433 g/mol. The maximum Gasteiger partial charge on any atom is 0.259 e. The lowest BCUT2D eigenvalue weighted by atomic mass is 9.87. The van der Waals surface area contributed by atoms with Gasteiger partial charge in [-0.15, -0.1) is 0 Å². The summed E-state index contributed by atoms with van der Waals surface area (Å²) in [5, 5.41) is 7.58. The number of carbonyl (C=O) groups is 1. The van der Waals surface area contributed by atoms with Crippen LogP contribution in [0.2, 0.25) is 0 Å². The van der Waals surface area contributed by atoms with E-state index in [1.54, 1.807) is 7.11 Å². The molecule has 1 N–H and O–H groups in total. The smallest absolute Gasteiger partial charge is 0.259 e. The summed E-state index contributed by atoms with van der Waals surface area (Å²) in [7, 11) is 1.67. The maximum absolute atomic E-state index is 13.7. The summed E-state index contributed by atoms with van der Waals surface area (Å²) in [6.07, 6.45) is 2.89. The van der Waals surface area contributed by atoms with Crippen molar-refractivity contribution < 1.29 is 18.8 Å². The zero-order valence-corrected chi connectivity index (χ0v) is 18.2. The van der Waals surface area contributed by atoms with Crippen molar-refractivity contribution in [2.24, 2.45) is 0 Å². The van der Waals surface area contributed by atoms with Gasteiger partial charge >= 0.3 is 0 Å². The van der Waals surface area contributed by atoms with Gasteiger partial charge in [0.2, 0.25) is 0 Å². The fourth-order valence-corrected chi connectivity index (χ4v) is 4.56. The molecule has 5 rings (SSSR count). The largest absolute Gasteiger partial charge is 0.497 e. The molecular formula is C25H27N3O4. The van der Waals surface area contributed by atoms with Crippen LogP contribution in [0.3, 0.4) is 0 Å². The van der Waals surface area contributed by atoms with Crippen molar-refractivity contribution in [1.29, 1.82) is 0 Å². The first-order valence-corrected chi connectivity index (χ1v) is 11.1. The lowest BCUT2D eigenvalue weighted by molar-refractivity contribution is 0.0931. The van der Waals surface area contributed by atoms with Crippen molar-refractivity contribution in [1.82, 2.24) is 10.5 Å². The summed E-state index contributed by atoms with van der Waals surface area (Å²) in [5.41, 5.74) is 3.69. The summed E-state index contributed by atoms with van der Waals surface area (Å²) >= 11 is 0. The lowest BCUT2D eigenvalue weighted by Crippen LogP contribution is -2.38. The molecule has 1 amide bonds. The number of benzene rings is 2. The van der Waals surface area contributed by atoms with Crippen LogP contribution in [0.4, 0.5) is 5.82 Å². The van der Waals surface area contributed by atoms with Gasteiger partial charge in [0.1, 0.15) is 11.3 Å². The number of aryl methyl sites for hydroxylation is 1. The molecule has 32 heavy (non-hydrogen) atoms. The molecule has 1 aliphatic heterocycles. The van der Waals surface area contributed by atoms with Crippen LogP contribution in [0.1, 0.15) is 40.4 Å². The number of amides is 1. The van der Waals surface area contributed by atoms with Crippen molar-refractivity contribution in [3.05, 3.63) is 65.2 Å². The van der Waals surface area contributed by atoms with Gasteiger partial charge in [0.15, 0.2) is 11.6 Å². The number of nitrogens with one attached hydrogen (secondary N) is 1. The van der Waals surface area contributed by atoms with Crippen LogP contribution in [0, 0.1) is 0 Å². The number of rotatable bonds is 5. The predicted molar refractivity (Wildman–Crippen MR) is 121 cm³/mol. The van der Waals surface area contributed by atoms with Crippen LogP contribution in [0.25, 0.3) is 11.3 Å². The van der Waals surface area contributed by atoms with E-state index in [2.05, 4.69) is 27.5 Å². The van der Waals surface area contributed by atoms with Crippen molar-refractivity contribution in [3.63, 3.8) is 0 Å². The third kappa shape index (κ3) is 3.96. The van der Waals surface area contributed by atoms with Gasteiger partial charge in [-0.25, -0.2) is 0 Å². The molecule has 1 unspecified atom stereocenters. The van der Waals surface area contributed by atoms with Crippen LogP contribution in [0.15, 0.2) is 53.1 Å². The number of aromatic nitrogens is 1. The van der Waals surface area contributed by atoms with Gasteiger partial charge < -0.3 is 24.2 Å². The number of anilines is 1. The Balaban J connectivity index is 1.49. The second kappa shape index (κ2) is 9.04. The minimum atomic E-state index is -0.166. The third-order valence-electron chi connectivity index (χ3n) is 6.22. The number of morpholine rings is 1. The van der Waals surface area contributed by atoms with Crippen molar-refractivity contribution >= 4 is 11.7 Å². The van der Waals surface area contributed by atoms with E-state index in [0.29, 0.717) is 43.4 Å². The Morgan fingerprint density at radius 2 is 1.97 bits per heavy atom. The second-order valence-corrected chi connectivity index (χ2v) is 8.16. The Hall–Kier alpha value is -3.32. The third-order valence-corrected chi connectivity index (χ3v) is 6.22. The molecule has 1 aromatic heterocycles. The number of hydrogen-bond acceptors (Lipinski definition) is 6. The zero-order valence-electron chi connectivity index (χ0n) is 18.2. The molecule has 2 heterocycles. The minimum Gasteiger partial charge on any atom is -0.497 e. The highest BCUT2D eigenvalue weighted by Crippen LogP contribution is 2.35. The molecule has 1 atom stereocenters. The SMILES string of the molecule is COc1ccc2c(c1)CCCC2NC(=O)c1c(N2CCOCC2)noc1-c1ccccc1. The standard InChI is InChI=1S/C25H27N3O4/c1-30-19-10-11-20-18(16-19)8-5-9-21(20)26-25(29)22-23(17-6-3-2-4-7-17)32-27-24(22)28-12-14-31-15-13-28/h2-4,6-7,10-11,16,21H,5,8-9,12-15H2,1H3,(H,26,29). The molecule has 0 radical (unpaired) electrons. The van der Waals surface area contributed by atoms with Gasteiger partial charge in [-0.3, -0.25) is 4.79 Å². The fourth-order valence-electron chi connectivity index (χ4n) is 4.56. The van der Waals surface area contributed by atoms with E-state index < -0.39 is 0 Å². The van der Waals surface area contributed by atoms with Gasteiger partial charge in [-0.2, -0.15) is 0 Å². The molecule has 0 saturated carbocycles. The van der Waals surface area contributed by atoms with Gasteiger partial charge in [-0.05, 0) is 42.5 Å². The topological polar surface area (TPSA) is 76.8 Å². The number of nitrogens with zero attached hydrogens (tertiary/aromatic N) is 2. The molecule has 3 aromatic rings. The molecular weight excluding hydrogens is 406 g/mol. The Morgan fingerprint density at radius 1 is 1.16 bits per heavy atom. The van der Waals surface area contributed by atoms with E-state index >= 15 is 0 Å². The summed E-state index contributed by atoms with van der Waals surface area (Å²) in [6, 6.07) is 15.7. The summed E-state index contributed by atoms with van der Waals surface area (Å²) < 4.78 is 16.6. The van der Waals surface area contributed by atoms with Crippen LogP contribution in [-0.2, 0) is 11.2 Å². The molecule has 0 bridgehead atoms. The van der Waals surface area contributed by atoms with E-state index in [1.165, 1.54) is 5.56 Å². The number of methoxy groups -OCH3 is 1. The second-order valence-electron chi connectivity index (χ2n) is 8.16. The number of carbonyl (C=O) groups excluding carboxylic acids is 1. The quantitative estimate of drug-likeness (QED) is 0.656. The Bertz CT molecular complexity index is 1090. The highest BCUT2D eigenvalue weighted by Gasteiger charge is 2.31. The predicted octanol–water partition coefficient (Wildman–Crippen LogP) is 3.99. The molecule has 0 spiro atoms. The van der Waals surface area contributed by atoms with Crippen molar-refractivity contribution in [2.45, 2.75) is 25.3 Å². The molecule has 166 valence electrons. The van der Waals surface area contributed by atoms with E-state index in [1.807, 2.05) is 36.4 Å². The Labute approximate surface area is 187 Å². The fraction of sp³-hybridized carbons (Fsp3) is 0.360. The van der Waals surface area contributed by atoms with Crippen LogP contribution < -0.4 is 15.0 Å². The Morgan fingerprint density at radius 3 is 2.75 bits per heavy atom. The van der Waals surface area contributed by atoms with Crippen LogP contribution >= 0.6 is 0 Å². The van der Waals surface area contributed by atoms with Crippen molar-refractivity contribution in [2.75, 3.05) is 38.3 Å². The average Bonchev–Trinajstić information content (AvgIpc) is 3.30. The van der Waals surface area contributed by atoms with Crippen LogP contribution in [-0.4, -0.2) is 44.5 Å². The van der Waals surface area contributed by atoms with E-state index in [9.17, 15) is 4.79 Å². The molecule has 1 aliphatic carbocycles. The zero-order chi connectivity index (χ0) is 21.9. The van der Waals surface area contributed by atoms with Gasteiger partial charge in [-0.1, -0.05) is 41.6 Å². The van der Waals surface area contributed by atoms with E-state index in [-0.39, 0.29) is 11.9 Å². The minimum absolute atomic E-state index is 0.0618. The van der Waals surface area contributed by atoms with Crippen molar-refractivity contribution in [3.8, 4) is 17.1 Å². The Kier molecular flexibility index (Phi) is 5.81. The molecule has 7 nitrogen and oxygen atoms in total. The normalized spacial score (nSPS) is 18.2. The number of ether oxygens (including phenoxy) is 2. The molecule has 2 aromatic carbocycles. The number of hydrogen-bond donors (Lipinski definition) is 1. The summed E-state index contributed by atoms with van der Waals surface area (Å²) in [5.74, 6) is 1.75. The van der Waals surface area contributed by atoms with E-state index in [4.69, 9.17) is 14.0 Å².